The molecule has 1 aliphatic heterocycles. The van der Waals surface area contributed by atoms with Crippen LogP contribution in [0.15, 0.2) is 71.9 Å². The fourth-order valence-corrected chi connectivity index (χ4v) is 4.92. The van der Waals surface area contributed by atoms with Crippen molar-refractivity contribution in [3.8, 4) is 0 Å². The highest BCUT2D eigenvalue weighted by Gasteiger charge is 2.27. The van der Waals surface area contributed by atoms with E-state index in [2.05, 4.69) is 10.4 Å². The minimum absolute atomic E-state index is 0.192. The van der Waals surface area contributed by atoms with Gasteiger partial charge >= 0.3 is 0 Å². The molecule has 2 heterocycles. The topological polar surface area (TPSA) is 84.3 Å². The molecule has 0 saturated carbocycles. The van der Waals surface area contributed by atoms with Crippen molar-refractivity contribution in [1.29, 1.82) is 0 Å². The molecular formula is C21H22N4O3S. The first-order valence-electron chi connectivity index (χ1n) is 9.50. The fraction of sp³-hybridized carbons (Fsp3) is 0.238. The molecule has 0 spiro atoms. The Labute approximate surface area is 170 Å². The normalized spacial score (nSPS) is 14.8. The molecule has 2 aromatic carbocycles. The molecule has 1 amide bonds. The number of amides is 1. The zero-order valence-electron chi connectivity index (χ0n) is 15.9. The maximum absolute atomic E-state index is 12.7. The Balaban J connectivity index is 1.46. The molecule has 0 atom stereocenters. The maximum atomic E-state index is 12.7. The van der Waals surface area contributed by atoms with Crippen molar-refractivity contribution in [2.45, 2.75) is 24.3 Å². The molecule has 0 unspecified atom stereocenters. The Morgan fingerprint density at radius 3 is 2.55 bits per heavy atom. The van der Waals surface area contributed by atoms with Gasteiger partial charge in [-0.25, -0.2) is 8.42 Å². The highest BCUT2D eigenvalue weighted by molar-refractivity contribution is 7.89. The first-order chi connectivity index (χ1) is 14.0. The Morgan fingerprint density at radius 1 is 1.03 bits per heavy atom. The summed E-state index contributed by atoms with van der Waals surface area (Å²) in [5.74, 6) is -0.333. The van der Waals surface area contributed by atoms with Gasteiger partial charge in [0, 0.05) is 25.0 Å². The molecule has 1 fully saturated rings. The lowest BCUT2D eigenvalue weighted by molar-refractivity contribution is 0.102. The van der Waals surface area contributed by atoms with Crippen LogP contribution in [0.25, 0.3) is 0 Å². The Kier molecular flexibility index (Phi) is 5.46. The highest BCUT2D eigenvalue weighted by atomic mass is 32.2. The van der Waals surface area contributed by atoms with Gasteiger partial charge in [0.2, 0.25) is 10.0 Å². The van der Waals surface area contributed by atoms with Crippen molar-refractivity contribution in [2.24, 2.45) is 0 Å². The van der Waals surface area contributed by atoms with E-state index in [4.69, 9.17) is 0 Å². The number of sulfonamides is 1. The van der Waals surface area contributed by atoms with Gasteiger partial charge in [-0.2, -0.15) is 9.40 Å². The van der Waals surface area contributed by atoms with E-state index in [1.165, 1.54) is 16.6 Å². The molecule has 1 aromatic heterocycles. The number of nitrogens with one attached hydrogen (secondary N) is 1. The molecule has 7 nitrogen and oxygen atoms in total. The Morgan fingerprint density at radius 2 is 1.79 bits per heavy atom. The maximum Gasteiger partial charge on any atom is 0.258 e. The monoisotopic (exact) mass is 410 g/mol. The largest absolute Gasteiger partial charge is 0.322 e. The van der Waals surface area contributed by atoms with Crippen molar-refractivity contribution in [2.75, 3.05) is 18.4 Å². The molecule has 1 N–H and O–H groups in total. The number of carbonyl (C=O) groups excluding carboxylic acids is 1. The van der Waals surface area contributed by atoms with Gasteiger partial charge < -0.3 is 5.32 Å². The summed E-state index contributed by atoms with van der Waals surface area (Å²) in [4.78, 5) is 12.8. The average Bonchev–Trinajstić information content (AvgIpc) is 3.42. The molecule has 0 bridgehead atoms. The van der Waals surface area contributed by atoms with Gasteiger partial charge in [0.25, 0.3) is 5.91 Å². The van der Waals surface area contributed by atoms with Crippen LogP contribution in [0.3, 0.4) is 0 Å². The van der Waals surface area contributed by atoms with Gasteiger partial charge in [0.1, 0.15) is 0 Å². The van der Waals surface area contributed by atoms with E-state index in [-0.39, 0.29) is 10.8 Å². The van der Waals surface area contributed by atoms with Gasteiger partial charge in [-0.1, -0.05) is 36.4 Å². The smallest absolute Gasteiger partial charge is 0.258 e. The third kappa shape index (κ3) is 4.38. The van der Waals surface area contributed by atoms with Crippen molar-refractivity contribution in [1.82, 2.24) is 14.1 Å². The number of hydrogen-bond acceptors (Lipinski definition) is 4. The predicted molar refractivity (Wildman–Crippen MR) is 110 cm³/mol. The Bertz CT molecular complexity index is 1100. The third-order valence-corrected chi connectivity index (χ3v) is 6.77. The van der Waals surface area contributed by atoms with Crippen LogP contribution in [-0.2, 0) is 16.6 Å². The minimum atomic E-state index is -3.53. The van der Waals surface area contributed by atoms with Crippen molar-refractivity contribution in [3.63, 3.8) is 0 Å². The first-order valence-corrected chi connectivity index (χ1v) is 10.9. The molecule has 1 aliphatic rings. The summed E-state index contributed by atoms with van der Waals surface area (Å²) in [7, 11) is -3.53. The van der Waals surface area contributed by atoms with E-state index >= 15 is 0 Å². The van der Waals surface area contributed by atoms with Crippen molar-refractivity contribution in [3.05, 3.63) is 78.1 Å². The fourth-order valence-electron chi connectivity index (χ4n) is 3.35. The van der Waals surface area contributed by atoms with Crippen LogP contribution in [0.2, 0.25) is 0 Å². The van der Waals surface area contributed by atoms with Crippen LogP contribution in [-0.4, -0.2) is 41.5 Å². The van der Waals surface area contributed by atoms with Gasteiger partial charge in [-0.05, 0) is 36.6 Å². The van der Waals surface area contributed by atoms with Crippen LogP contribution < -0.4 is 5.32 Å². The first kappa shape index (κ1) is 19.4. The number of aromatic nitrogens is 2. The number of carbonyl (C=O) groups is 1. The van der Waals surface area contributed by atoms with E-state index in [1.54, 1.807) is 29.1 Å². The molecular weight excluding hydrogens is 388 g/mol. The van der Waals surface area contributed by atoms with E-state index in [9.17, 15) is 13.2 Å². The van der Waals surface area contributed by atoms with Crippen LogP contribution in [0.4, 0.5) is 5.69 Å². The second kappa shape index (κ2) is 8.18. The second-order valence-corrected chi connectivity index (χ2v) is 8.94. The number of anilines is 1. The zero-order chi connectivity index (χ0) is 20.3. The summed E-state index contributed by atoms with van der Waals surface area (Å²) >= 11 is 0. The number of benzene rings is 2. The zero-order valence-corrected chi connectivity index (χ0v) is 16.7. The van der Waals surface area contributed by atoms with Crippen LogP contribution in [0, 0.1) is 0 Å². The van der Waals surface area contributed by atoms with Crippen molar-refractivity contribution < 1.29 is 13.2 Å². The average molecular weight is 410 g/mol. The lowest BCUT2D eigenvalue weighted by Gasteiger charge is -2.16. The molecule has 150 valence electrons. The summed E-state index contributed by atoms with van der Waals surface area (Å²) in [5.41, 5.74) is 1.93. The molecule has 4 rings (SSSR count). The number of nitrogens with zero attached hydrogens (tertiary/aromatic N) is 3. The van der Waals surface area contributed by atoms with Gasteiger partial charge in [0.15, 0.2) is 0 Å². The molecule has 8 heteroatoms. The SMILES string of the molecule is O=C(Nc1cccc(S(=O)(=O)N2CCCC2)c1)c1cnn(Cc2ccccc2)c1. The van der Waals surface area contributed by atoms with Gasteiger partial charge in [-0.3, -0.25) is 9.48 Å². The minimum Gasteiger partial charge on any atom is -0.322 e. The molecule has 1 saturated heterocycles. The van der Waals surface area contributed by atoms with E-state index in [0.717, 1.165) is 18.4 Å². The summed E-state index contributed by atoms with van der Waals surface area (Å²) in [6.07, 6.45) is 4.93. The third-order valence-electron chi connectivity index (χ3n) is 4.88. The summed E-state index contributed by atoms with van der Waals surface area (Å²) in [6.45, 7) is 1.65. The van der Waals surface area contributed by atoms with Crippen LogP contribution in [0.1, 0.15) is 28.8 Å². The lowest BCUT2D eigenvalue weighted by Crippen LogP contribution is -2.27. The van der Waals surface area contributed by atoms with Crippen molar-refractivity contribution >= 4 is 21.6 Å². The molecule has 3 aromatic rings. The number of rotatable bonds is 6. The lowest BCUT2D eigenvalue weighted by atomic mass is 10.2. The summed E-state index contributed by atoms with van der Waals surface area (Å²) in [6, 6.07) is 16.2. The quantitative estimate of drug-likeness (QED) is 0.677. The number of hydrogen-bond donors (Lipinski definition) is 1. The van der Waals surface area contributed by atoms with Crippen LogP contribution in [0.5, 0.6) is 0 Å². The molecule has 29 heavy (non-hydrogen) atoms. The second-order valence-electron chi connectivity index (χ2n) is 7.01. The van der Waals surface area contributed by atoms with Gasteiger partial charge in [-0.15, -0.1) is 0 Å². The summed E-state index contributed by atoms with van der Waals surface area (Å²) < 4.78 is 28.6. The molecule has 0 aliphatic carbocycles. The Hall–Kier alpha value is -2.97. The standard InChI is InChI=1S/C21H22N4O3S/c26-21(18-14-22-24(16-18)15-17-7-2-1-3-8-17)23-19-9-6-10-20(13-19)29(27,28)25-11-4-5-12-25/h1-3,6-10,13-14,16H,4-5,11-12,15H2,(H,23,26). The summed E-state index contributed by atoms with van der Waals surface area (Å²) in [5, 5.41) is 7.00. The molecule has 0 radical (unpaired) electrons. The predicted octanol–water partition coefficient (Wildman–Crippen LogP) is 2.97. The van der Waals surface area contributed by atoms with E-state index < -0.39 is 10.0 Å². The van der Waals surface area contributed by atoms with Gasteiger partial charge in [0.05, 0.1) is 23.2 Å². The highest BCUT2D eigenvalue weighted by Crippen LogP contribution is 2.23. The van der Waals surface area contributed by atoms with E-state index in [0.29, 0.717) is 30.9 Å². The van der Waals surface area contributed by atoms with E-state index in [1.807, 2.05) is 30.3 Å². The van der Waals surface area contributed by atoms with Crippen LogP contribution >= 0.6 is 0 Å².